The number of rotatable bonds is 8. The average molecular weight is 369 g/mol. The zero-order valence-corrected chi connectivity index (χ0v) is 15.4. The van der Waals surface area contributed by atoms with Gasteiger partial charge in [-0.3, -0.25) is 4.79 Å². The molecule has 0 radical (unpaired) electrons. The number of hydrogen-bond acceptors (Lipinski definition) is 4. The predicted molar refractivity (Wildman–Crippen MR) is 96.3 cm³/mol. The quantitative estimate of drug-likeness (QED) is 0.571. The molecule has 0 aliphatic rings. The summed E-state index contributed by atoms with van der Waals surface area (Å²) in [6.45, 7) is 4.45. The van der Waals surface area contributed by atoms with Crippen molar-refractivity contribution < 1.29 is 13.8 Å². The number of halogens is 1. The van der Waals surface area contributed by atoms with Crippen molar-refractivity contribution >= 4 is 28.7 Å². The van der Waals surface area contributed by atoms with E-state index in [1.165, 1.54) is 0 Å². The van der Waals surface area contributed by atoms with Gasteiger partial charge in [-0.1, -0.05) is 24.9 Å². The largest absolute Gasteiger partial charge is 0.616 e. The fraction of sp³-hybridized carbons (Fsp3) is 0.412. The predicted octanol–water partition coefficient (Wildman–Crippen LogP) is 3.47. The number of aryl methyl sites for hydroxylation is 1. The van der Waals surface area contributed by atoms with E-state index in [-0.39, 0.29) is 17.4 Å². The standard InChI is InChI=1S/C17H21ClN2O3S/c1-3-4-9-19-16(21)11-24(22)10-15-12(2)23-17(20-15)13-5-7-14(18)8-6-13/h5-8H,3-4,9-11H2,1-2H3,(H,19,21). The van der Waals surface area contributed by atoms with Crippen LogP contribution in [0.3, 0.4) is 0 Å². The summed E-state index contributed by atoms with van der Waals surface area (Å²) in [5, 5.41) is 3.40. The van der Waals surface area contributed by atoms with Crippen LogP contribution in [0.5, 0.6) is 0 Å². The van der Waals surface area contributed by atoms with Crippen molar-refractivity contribution in [2.24, 2.45) is 0 Å². The van der Waals surface area contributed by atoms with Crippen LogP contribution < -0.4 is 5.32 Å². The fourth-order valence-electron chi connectivity index (χ4n) is 2.08. The van der Waals surface area contributed by atoms with Gasteiger partial charge >= 0.3 is 0 Å². The summed E-state index contributed by atoms with van der Waals surface area (Å²) in [5.74, 6) is 1.06. The van der Waals surface area contributed by atoms with Crippen molar-refractivity contribution in [3.05, 3.63) is 40.7 Å². The maximum atomic E-state index is 12.1. The molecule has 130 valence electrons. The third kappa shape index (κ3) is 5.54. The third-order valence-corrected chi connectivity index (χ3v) is 4.86. The van der Waals surface area contributed by atoms with Crippen molar-refractivity contribution in [1.29, 1.82) is 0 Å². The van der Waals surface area contributed by atoms with Gasteiger partial charge in [0.05, 0.1) is 0 Å². The molecule has 0 saturated heterocycles. The van der Waals surface area contributed by atoms with Gasteiger partial charge < -0.3 is 14.3 Å². The highest BCUT2D eigenvalue weighted by molar-refractivity contribution is 7.91. The summed E-state index contributed by atoms with van der Waals surface area (Å²) in [6.07, 6.45) is 1.93. The number of carbonyl (C=O) groups excluding carboxylic acids is 1. The Hall–Kier alpha value is -1.50. The fourth-order valence-corrected chi connectivity index (χ4v) is 3.28. The molecule has 0 aliphatic heterocycles. The molecule has 0 fully saturated rings. The molecule has 0 bridgehead atoms. The summed E-state index contributed by atoms with van der Waals surface area (Å²) in [5.41, 5.74) is 1.41. The number of hydrogen-bond donors (Lipinski definition) is 1. The molecule has 0 spiro atoms. The van der Waals surface area contributed by atoms with Gasteiger partial charge in [0, 0.05) is 17.1 Å². The number of carbonyl (C=O) groups is 1. The lowest BCUT2D eigenvalue weighted by molar-refractivity contribution is -0.118. The van der Waals surface area contributed by atoms with Gasteiger partial charge in [-0.05, 0) is 48.8 Å². The highest BCUT2D eigenvalue weighted by Crippen LogP contribution is 2.24. The molecule has 1 atom stereocenters. The van der Waals surface area contributed by atoms with Gasteiger partial charge in [-0.25, -0.2) is 4.98 Å². The lowest BCUT2D eigenvalue weighted by Crippen LogP contribution is -2.31. The van der Waals surface area contributed by atoms with Crippen molar-refractivity contribution in [2.75, 3.05) is 12.3 Å². The third-order valence-electron chi connectivity index (χ3n) is 3.43. The molecule has 7 heteroatoms. The van der Waals surface area contributed by atoms with Crippen molar-refractivity contribution in [3.8, 4) is 11.5 Å². The number of amides is 1. The SMILES string of the molecule is CCCCNC(=O)C[S+]([O-])Cc1nc(-c2ccc(Cl)cc2)oc1C. The second kappa shape index (κ2) is 9.11. The van der Waals surface area contributed by atoms with E-state index in [1.807, 2.05) is 12.1 Å². The van der Waals surface area contributed by atoms with Crippen LogP contribution in [0.25, 0.3) is 11.5 Å². The number of aromatic nitrogens is 1. The smallest absolute Gasteiger partial charge is 0.269 e. The molecule has 1 amide bonds. The molecule has 2 aromatic rings. The van der Waals surface area contributed by atoms with Crippen molar-refractivity contribution in [3.63, 3.8) is 0 Å². The Morgan fingerprint density at radius 1 is 1.38 bits per heavy atom. The van der Waals surface area contributed by atoms with Crippen LogP contribution in [0, 0.1) is 6.92 Å². The second-order valence-electron chi connectivity index (χ2n) is 5.46. The molecule has 1 heterocycles. The minimum absolute atomic E-state index is 0.0215. The van der Waals surface area contributed by atoms with E-state index in [2.05, 4.69) is 17.2 Å². The summed E-state index contributed by atoms with van der Waals surface area (Å²) in [7, 11) is 0. The molecular weight excluding hydrogens is 348 g/mol. The summed E-state index contributed by atoms with van der Waals surface area (Å²) >= 11 is 4.55. The lowest BCUT2D eigenvalue weighted by Gasteiger charge is -2.09. The first-order valence-corrected chi connectivity index (χ1v) is 9.70. The van der Waals surface area contributed by atoms with E-state index < -0.39 is 11.2 Å². The Bertz CT molecular complexity index is 673. The molecule has 2 rings (SSSR count). The second-order valence-corrected chi connectivity index (χ2v) is 7.35. The van der Waals surface area contributed by atoms with Gasteiger partial charge in [-0.15, -0.1) is 0 Å². The Morgan fingerprint density at radius 2 is 2.08 bits per heavy atom. The zero-order chi connectivity index (χ0) is 17.5. The maximum Gasteiger partial charge on any atom is 0.269 e. The van der Waals surface area contributed by atoms with Crippen LogP contribution in [0.2, 0.25) is 5.02 Å². The Morgan fingerprint density at radius 3 is 2.75 bits per heavy atom. The van der Waals surface area contributed by atoms with Crippen LogP contribution >= 0.6 is 11.6 Å². The van der Waals surface area contributed by atoms with Gasteiger partial charge in [-0.2, -0.15) is 0 Å². The molecule has 0 aliphatic carbocycles. The molecule has 5 nitrogen and oxygen atoms in total. The van der Waals surface area contributed by atoms with E-state index in [0.717, 1.165) is 18.4 Å². The van der Waals surface area contributed by atoms with Crippen LogP contribution in [0.4, 0.5) is 0 Å². The Balaban J connectivity index is 1.95. The number of oxazole rings is 1. The Kier molecular flexibility index (Phi) is 7.15. The monoisotopic (exact) mass is 368 g/mol. The topological polar surface area (TPSA) is 78.2 Å². The molecule has 1 N–H and O–H groups in total. The zero-order valence-electron chi connectivity index (χ0n) is 13.8. The molecule has 1 aromatic carbocycles. The molecule has 1 unspecified atom stereocenters. The van der Waals surface area contributed by atoms with E-state index in [1.54, 1.807) is 19.1 Å². The van der Waals surface area contributed by atoms with Crippen LogP contribution in [0.15, 0.2) is 28.7 Å². The summed E-state index contributed by atoms with van der Waals surface area (Å²) in [6, 6.07) is 7.15. The number of nitrogens with zero attached hydrogens (tertiary/aromatic N) is 1. The van der Waals surface area contributed by atoms with Crippen LogP contribution in [-0.4, -0.2) is 27.7 Å². The number of nitrogens with one attached hydrogen (secondary N) is 1. The van der Waals surface area contributed by atoms with Crippen LogP contribution in [-0.2, 0) is 21.7 Å². The Labute approximate surface area is 150 Å². The van der Waals surface area contributed by atoms with E-state index in [4.69, 9.17) is 16.0 Å². The van der Waals surface area contributed by atoms with Gasteiger partial charge in [0.25, 0.3) is 5.91 Å². The average Bonchev–Trinajstić information content (AvgIpc) is 2.89. The summed E-state index contributed by atoms with van der Waals surface area (Å²) in [4.78, 5) is 16.1. The van der Waals surface area contributed by atoms with Crippen LogP contribution in [0.1, 0.15) is 31.2 Å². The van der Waals surface area contributed by atoms with Crippen molar-refractivity contribution in [1.82, 2.24) is 10.3 Å². The van der Waals surface area contributed by atoms with E-state index >= 15 is 0 Å². The normalized spacial score (nSPS) is 12.2. The maximum absolute atomic E-state index is 12.1. The molecule has 1 aromatic heterocycles. The number of benzene rings is 1. The minimum Gasteiger partial charge on any atom is -0.616 e. The highest BCUT2D eigenvalue weighted by atomic mass is 35.5. The summed E-state index contributed by atoms with van der Waals surface area (Å²) < 4.78 is 17.8. The first-order valence-electron chi connectivity index (χ1n) is 7.83. The first-order chi connectivity index (χ1) is 11.5. The minimum atomic E-state index is -1.32. The molecule has 24 heavy (non-hydrogen) atoms. The first kappa shape index (κ1) is 18.8. The van der Waals surface area contributed by atoms with E-state index in [9.17, 15) is 9.35 Å². The molecular formula is C17H21ClN2O3S. The van der Waals surface area contributed by atoms with Gasteiger partial charge in [0.2, 0.25) is 5.89 Å². The van der Waals surface area contributed by atoms with Crippen molar-refractivity contribution in [2.45, 2.75) is 32.4 Å². The number of unbranched alkanes of at least 4 members (excludes halogenated alkanes) is 1. The van der Waals surface area contributed by atoms with Gasteiger partial charge in [0.1, 0.15) is 11.5 Å². The van der Waals surface area contributed by atoms with E-state index in [0.29, 0.717) is 28.9 Å². The van der Waals surface area contributed by atoms with Gasteiger partial charge in [0.15, 0.2) is 11.5 Å². The highest BCUT2D eigenvalue weighted by Gasteiger charge is 2.19. The molecule has 0 saturated carbocycles. The lowest BCUT2D eigenvalue weighted by atomic mass is 10.2.